The van der Waals surface area contributed by atoms with Gasteiger partial charge in [0.15, 0.2) is 11.5 Å². The van der Waals surface area contributed by atoms with Crippen LogP contribution in [0.3, 0.4) is 0 Å². The van der Waals surface area contributed by atoms with Crippen molar-refractivity contribution in [3.63, 3.8) is 0 Å². The number of methoxy groups -OCH3 is 1. The fourth-order valence-electron chi connectivity index (χ4n) is 3.32. The Labute approximate surface area is 189 Å². The van der Waals surface area contributed by atoms with Gasteiger partial charge in [-0.2, -0.15) is 0 Å². The lowest BCUT2D eigenvalue weighted by molar-refractivity contribution is -0.138. The molecule has 0 aromatic heterocycles. The summed E-state index contributed by atoms with van der Waals surface area (Å²) in [5, 5.41) is 5.61. The van der Waals surface area contributed by atoms with E-state index in [0.717, 1.165) is 6.42 Å². The molecule has 0 saturated heterocycles. The van der Waals surface area contributed by atoms with Crippen molar-refractivity contribution in [2.75, 3.05) is 20.3 Å². The minimum absolute atomic E-state index is 0.208. The first-order valence-electron chi connectivity index (χ1n) is 10.0. The van der Waals surface area contributed by atoms with Crippen LogP contribution in [0.5, 0.6) is 11.5 Å². The number of urea groups is 1. The lowest BCUT2D eigenvalue weighted by Gasteiger charge is -2.30. The van der Waals surface area contributed by atoms with E-state index < -0.39 is 18.0 Å². The highest BCUT2D eigenvalue weighted by Gasteiger charge is 2.36. The molecule has 1 atom stereocenters. The van der Waals surface area contributed by atoms with Gasteiger partial charge in [-0.05, 0) is 36.6 Å². The number of amides is 2. The number of esters is 1. The summed E-state index contributed by atoms with van der Waals surface area (Å²) in [4.78, 5) is 25.6. The fraction of sp³-hybridized carbons (Fsp3) is 0.304. The molecule has 2 N–H and O–H groups in total. The zero-order valence-electron chi connectivity index (χ0n) is 17.7. The van der Waals surface area contributed by atoms with Gasteiger partial charge in [-0.25, -0.2) is 9.59 Å². The third-order valence-electron chi connectivity index (χ3n) is 4.69. The number of benzene rings is 2. The van der Waals surface area contributed by atoms with E-state index in [1.165, 1.54) is 0 Å². The summed E-state index contributed by atoms with van der Waals surface area (Å²) in [7, 11) is 1.55. The summed E-state index contributed by atoms with van der Waals surface area (Å²) in [5.74, 6) is 0.560. The van der Waals surface area contributed by atoms with E-state index >= 15 is 0 Å². The summed E-state index contributed by atoms with van der Waals surface area (Å²) in [5.41, 5.74) is 2.06. The first-order valence-corrected chi connectivity index (χ1v) is 10.8. The summed E-state index contributed by atoms with van der Waals surface area (Å²) in [6.45, 7) is 4.50. The van der Waals surface area contributed by atoms with Gasteiger partial charge < -0.3 is 24.8 Å². The van der Waals surface area contributed by atoms with Crippen LogP contribution < -0.4 is 20.1 Å². The van der Waals surface area contributed by atoms with Crippen molar-refractivity contribution in [3.05, 3.63) is 63.6 Å². The molecule has 0 fully saturated rings. The van der Waals surface area contributed by atoms with Crippen LogP contribution in [-0.2, 0) is 9.53 Å². The van der Waals surface area contributed by atoms with Gasteiger partial charge in [0.1, 0.15) is 0 Å². The molecule has 0 aliphatic carbocycles. The Morgan fingerprint density at radius 1 is 1.13 bits per heavy atom. The SMILES string of the molecule is CCCOc1cc(Br)c([C@H]2NC(=O)NC(c3ccccc3)=C2C(=O)OCC)cc1OC. The second-order valence-electron chi connectivity index (χ2n) is 6.78. The average molecular weight is 489 g/mol. The second-order valence-corrected chi connectivity index (χ2v) is 7.63. The smallest absolute Gasteiger partial charge is 0.338 e. The molecule has 0 unspecified atom stereocenters. The molecule has 2 aromatic carbocycles. The van der Waals surface area contributed by atoms with Crippen molar-refractivity contribution >= 4 is 33.6 Å². The normalized spacial score (nSPS) is 15.7. The highest BCUT2D eigenvalue weighted by atomic mass is 79.9. The van der Waals surface area contributed by atoms with Gasteiger partial charge in [0.25, 0.3) is 0 Å². The highest BCUT2D eigenvalue weighted by molar-refractivity contribution is 9.10. The topological polar surface area (TPSA) is 85.9 Å². The van der Waals surface area contributed by atoms with Crippen LogP contribution in [0, 0.1) is 0 Å². The van der Waals surface area contributed by atoms with Gasteiger partial charge in [0, 0.05) is 4.47 Å². The quantitative estimate of drug-likeness (QED) is 0.531. The molecule has 1 aliphatic heterocycles. The number of rotatable bonds is 8. The van der Waals surface area contributed by atoms with Crippen LogP contribution in [0.15, 0.2) is 52.5 Å². The van der Waals surface area contributed by atoms with E-state index in [4.69, 9.17) is 14.2 Å². The molecule has 164 valence electrons. The standard InChI is InChI=1S/C23H25BrN2O5/c1-4-11-31-18-13-16(24)15(12-17(18)29-3)21-19(22(27)30-5-2)20(25-23(28)26-21)14-9-7-6-8-10-14/h6-10,12-13,21H,4-5,11H2,1-3H3,(H2,25,26,28)/t21-/m1/s1. The van der Waals surface area contributed by atoms with Crippen molar-refractivity contribution in [2.45, 2.75) is 26.3 Å². The summed E-state index contributed by atoms with van der Waals surface area (Å²) in [6, 6.07) is 11.6. The predicted octanol–water partition coefficient (Wildman–Crippen LogP) is 4.57. The van der Waals surface area contributed by atoms with Gasteiger partial charge in [-0.1, -0.05) is 53.2 Å². The van der Waals surface area contributed by atoms with E-state index in [1.807, 2.05) is 37.3 Å². The zero-order valence-corrected chi connectivity index (χ0v) is 19.2. The van der Waals surface area contributed by atoms with Crippen LogP contribution in [0.2, 0.25) is 0 Å². The Morgan fingerprint density at radius 2 is 1.87 bits per heavy atom. The van der Waals surface area contributed by atoms with Crippen molar-refractivity contribution in [1.82, 2.24) is 10.6 Å². The third-order valence-corrected chi connectivity index (χ3v) is 5.37. The lowest BCUT2D eigenvalue weighted by Crippen LogP contribution is -2.45. The van der Waals surface area contributed by atoms with Crippen molar-refractivity contribution < 1.29 is 23.8 Å². The van der Waals surface area contributed by atoms with E-state index in [9.17, 15) is 9.59 Å². The minimum atomic E-state index is -0.758. The largest absolute Gasteiger partial charge is 0.493 e. The second kappa shape index (κ2) is 10.3. The molecule has 1 heterocycles. The van der Waals surface area contributed by atoms with E-state index in [-0.39, 0.29) is 6.61 Å². The van der Waals surface area contributed by atoms with Gasteiger partial charge in [-0.3, -0.25) is 0 Å². The monoisotopic (exact) mass is 488 g/mol. The van der Waals surface area contributed by atoms with E-state index in [1.54, 1.807) is 26.2 Å². The zero-order chi connectivity index (χ0) is 22.4. The Hall–Kier alpha value is -3.00. The van der Waals surface area contributed by atoms with Crippen molar-refractivity contribution in [3.8, 4) is 11.5 Å². The molecule has 8 heteroatoms. The fourth-order valence-corrected chi connectivity index (χ4v) is 3.87. The molecule has 2 amide bonds. The molecule has 0 bridgehead atoms. The number of carbonyl (C=O) groups is 2. The Bertz CT molecular complexity index is 991. The highest BCUT2D eigenvalue weighted by Crippen LogP contribution is 2.40. The molecule has 0 saturated carbocycles. The van der Waals surface area contributed by atoms with E-state index in [0.29, 0.717) is 45.0 Å². The van der Waals surface area contributed by atoms with Gasteiger partial charge in [-0.15, -0.1) is 0 Å². The van der Waals surface area contributed by atoms with Crippen LogP contribution in [0.1, 0.15) is 37.4 Å². The molecule has 0 radical (unpaired) electrons. The molecule has 0 spiro atoms. The molecule has 31 heavy (non-hydrogen) atoms. The average Bonchev–Trinajstić information content (AvgIpc) is 2.77. The summed E-state index contributed by atoms with van der Waals surface area (Å²) in [6.07, 6.45) is 0.850. The predicted molar refractivity (Wildman–Crippen MR) is 121 cm³/mol. The van der Waals surface area contributed by atoms with Crippen LogP contribution in [0.4, 0.5) is 4.79 Å². The van der Waals surface area contributed by atoms with Crippen LogP contribution >= 0.6 is 15.9 Å². The van der Waals surface area contributed by atoms with Crippen LogP contribution in [-0.4, -0.2) is 32.3 Å². The van der Waals surface area contributed by atoms with Crippen molar-refractivity contribution in [2.24, 2.45) is 0 Å². The number of nitrogens with one attached hydrogen (secondary N) is 2. The van der Waals surface area contributed by atoms with Gasteiger partial charge in [0.05, 0.1) is 37.6 Å². The Balaban J connectivity index is 2.17. The Morgan fingerprint density at radius 3 is 2.52 bits per heavy atom. The molecular formula is C23H25BrN2O5. The van der Waals surface area contributed by atoms with E-state index in [2.05, 4.69) is 26.6 Å². The number of halogens is 1. The first-order chi connectivity index (χ1) is 15.0. The molecule has 7 nitrogen and oxygen atoms in total. The van der Waals surface area contributed by atoms with Crippen molar-refractivity contribution in [1.29, 1.82) is 0 Å². The minimum Gasteiger partial charge on any atom is -0.493 e. The maximum Gasteiger partial charge on any atom is 0.338 e. The third kappa shape index (κ3) is 5.02. The molecule has 1 aliphatic rings. The number of hydrogen-bond acceptors (Lipinski definition) is 5. The van der Waals surface area contributed by atoms with Crippen LogP contribution in [0.25, 0.3) is 5.70 Å². The Kier molecular flexibility index (Phi) is 7.57. The number of hydrogen-bond donors (Lipinski definition) is 2. The molecule has 2 aromatic rings. The maximum absolute atomic E-state index is 13.0. The lowest BCUT2D eigenvalue weighted by atomic mass is 9.92. The maximum atomic E-state index is 13.0. The van der Waals surface area contributed by atoms with Gasteiger partial charge in [0.2, 0.25) is 0 Å². The summed E-state index contributed by atoms with van der Waals surface area (Å²) < 4.78 is 17.3. The summed E-state index contributed by atoms with van der Waals surface area (Å²) >= 11 is 3.57. The molecule has 3 rings (SSSR count). The number of carbonyl (C=O) groups excluding carboxylic acids is 2. The van der Waals surface area contributed by atoms with Gasteiger partial charge >= 0.3 is 12.0 Å². The molecular weight excluding hydrogens is 464 g/mol. The first kappa shape index (κ1) is 22.7. The number of ether oxygens (including phenoxy) is 3.